The summed E-state index contributed by atoms with van der Waals surface area (Å²) in [6.45, 7) is 0. The van der Waals surface area contributed by atoms with Gasteiger partial charge < -0.3 is 10.6 Å². The lowest BCUT2D eigenvalue weighted by Crippen LogP contribution is -2.19. The maximum Gasteiger partial charge on any atom is 0.257 e. The number of benzene rings is 3. The summed E-state index contributed by atoms with van der Waals surface area (Å²) in [6, 6.07) is 13.9. The Hall–Kier alpha value is -1.95. The SMILES string of the molecule is O=C(Nc1c(Cl)cc(Cl)cc1C(=O)Nc1ccccc1Cl)c1ccc(Cl)cc1Cl. The third-order valence-electron chi connectivity index (χ3n) is 3.84. The lowest BCUT2D eigenvalue weighted by atomic mass is 10.1. The van der Waals surface area contributed by atoms with Gasteiger partial charge in [-0.3, -0.25) is 9.59 Å². The number of halogens is 5. The standard InChI is InChI=1S/C20H11Cl5N2O2/c21-10-5-6-12(15(24)8-10)19(28)27-18-13(7-11(22)9-16(18)25)20(29)26-17-4-2-1-3-14(17)23/h1-9H,(H,26,29)(H,27,28). The van der Waals surface area contributed by atoms with Gasteiger partial charge in [0, 0.05) is 10.0 Å². The van der Waals surface area contributed by atoms with E-state index in [9.17, 15) is 9.59 Å². The number of para-hydroxylation sites is 1. The molecule has 0 heterocycles. The summed E-state index contributed by atoms with van der Waals surface area (Å²) in [5.41, 5.74) is 0.699. The lowest BCUT2D eigenvalue weighted by molar-refractivity contribution is 0.102. The van der Waals surface area contributed by atoms with Crippen LogP contribution >= 0.6 is 58.0 Å². The third-order valence-corrected chi connectivity index (χ3v) is 5.23. The Labute approximate surface area is 191 Å². The van der Waals surface area contributed by atoms with E-state index in [0.29, 0.717) is 15.7 Å². The van der Waals surface area contributed by atoms with Crippen LogP contribution in [-0.4, -0.2) is 11.8 Å². The van der Waals surface area contributed by atoms with Gasteiger partial charge >= 0.3 is 0 Å². The quantitative estimate of drug-likeness (QED) is 0.400. The zero-order valence-corrected chi connectivity index (χ0v) is 18.2. The average molecular weight is 489 g/mol. The first kappa shape index (κ1) is 21.8. The molecule has 0 spiro atoms. The molecule has 148 valence electrons. The van der Waals surface area contributed by atoms with E-state index in [1.807, 2.05) is 0 Å². The van der Waals surface area contributed by atoms with E-state index in [1.54, 1.807) is 24.3 Å². The van der Waals surface area contributed by atoms with Crippen LogP contribution < -0.4 is 10.6 Å². The Balaban J connectivity index is 1.96. The summed E-state index contributed by atoms with van der Waals surface area (Å²) in [6.07, 6.45) is 0. The van der Waals surface area contributed by atoms with Crippen LogP contribution in [0.2, 0.25) is 25.1 Å². The van der Waals surface area contributed by atoms with Crippen molar-refractivity contribution in [3.8, 4) is 0 Å². The highest BCUT2D eigenvalue weighted by Gasteiger charge is 2.20. The Morgan fingerprint density at radius 1 is 0.621 bits per heavy atom. The van der Waals surface area contributed by atoms with Crippen LogP contribution in [0.25, 0.3) is 0 Å². The molecule has 0 aliphatic rings. The Bertz CT molecular complexity index is 1120. The highest BCUT2D eigenvalue weighted by Crippen LogP contribution is 2.33. The minimum atomic E-state index is -0.567. The first-order valence-corrected chi connectivity index (χ1v) is 9.96. The first-order valence-electron chi connectivity index (χ1n) is 8.07. The molecule has 3 aromatic rings. The van der Waals surface area contributed by atoms with Gasteiger partial charge in [0.05, 0.1) is 37.6 Å². The van der Waals surface area contributed by atoms with Crippen LogP contribution in [0.5, 0.6) is 0 Å². The maximum absolute atomic E-state index is 12.8. The molecular formula is C20H11Cl5N2O2. The predicted octanol–water partition coefficient (Wildman–Crippen LogP) is 7.46. The summed E-state index contributed by atoms with van der Waals surface area (Å²) >= 11 is 30.4. The monoisotopic (exact) mass is 486 g/mol. The van der Waals surface area contributed by atoms with E-state index < -0.39 is 11.8 Å². The summed E-state index contributed by atoms with van der Waals surface area (Å²) in [4.78, 5) is 25.5. The minimum Gasteiger partial charge on any atom is -0.321 e. The second kappa shape index (κ2) is 9.24. The van der Waals surface area contributed by atoms with Crippen molar-refractivity contribution in [3.05, 3.63) is 90.8 Å². The largest absolute Gasteiger partial charge is 0.321 e. The van der Waals surface area contributed by atoms with Gasteiger partial charge in [-0.2, -0.15) is 0 Å². The molecule has 0 saturated carbocycles. The van der Waals surface area contributed by atoms with Crippen LogP contribution in [0.4, 0.5) is 11.4 Å². The van der Waals surface area contributed by atoms with Gasteiger partial charge in [0.15, 0.2) is 0 Å². The number of amides is 2. The van der Waals surface area contributed by atoms with Gasteiger partial charge in [0.1, 0.15) is 0 Å². The van der Waals surface area contributed by atoms with Crippen molar-refractivity contribution >= 4 is 81.2 Å². The highest BCUT2D eigenvalue weighted by molar-refractivity contribution is 6.40. The van der Waals surface area contributed by atoms with Crippen molar-refractivity contribution in [2.24, 2.45) is 0 Å². The van der Waals surface area contributed by atoms with E-state index >= 15 is 0 Å². The fraction of sp³-hybridized carbons (Fsp3) is 0. The number of carbonyl (C=O) groups excluding carboxylic acids is 2. The van der Waals surface area contributed by atoms with Crippen molar-refractivity contribution in [2.75, 3.05) is 10.6 Å². The number of rotatable bonds is 4. The van der Waals surface area contributed by atoms with E-state index in [2.05, 4.69) is 10.6 Å². The van der Waals surface area contributed by atoms with E-state index in [4.69, 9.17) is 58.0 Å². The fourth-order valence-electron chi connectivity index (χ4n) is 2.49. The molecule has 2 N–H and O–H groups in total. The molecule has 0 atom stereocenters. The summed E-state index contributed by atoms with van der Waals surface area (Å²) in [5.74, 6) is -1.12. The molecule has 0 radical (unpaired) electrons. The van der Waals surface area contributed by atoms with E-state index in [1.165, 1.54) is 30.3 Å². The van der Waals surface area contributed by atoms with Crippen LogP contribution in [-0.2, 0) is 0 Å². The van der Waals surface area contributed by atoms with E-state index in [0.717, 1.165) is 0 Å². The van der Waals surface area contributed by atoms with Gasteiger partial charge in [-0.25, -0.2) is 0 Å². The van der Waals surface area contributed by atoms with Crippen LogP contribution in [0.15, 0.2) is 54.6 Å². The maximum atomic E-state index is 12.8. The van der Waals surface area contributed by atoms with E-state index in [-0.39, 0.29) is 31.9 Å². The zero-order chi connectivity index (χ0) is 21.1. The van der Waals surface area contributed by atoms with Crippen molar-refractivity contribution in [2.45, 2.75) is 0 Å². The smallest absolute Gasteiger partial charge is 0.257 e. The minimum absolute atomic E-state index is 0.0563. The van der Waals surface area contributed by atoms with Gasteiger partial charge in [0.2, 0.25) is 0 Å². The molecule has 0 saturated heterocycles. The number of anilines is 2. The first-order chi connectivity index (χ1) is 13.8. The van der Waals surface area contributed by atoms with Crippen molar-refractivity contribution in [3.63, 3.8) is 0 Å². The number of nitrogens with one attached hydrogen (secondary N) is 2. The predicted molar refractivity (Wildman–Crippen MR) is 120 cm³/mol. The van der Waals surface area contributed by atoms with Crippen molar-refractivity contribution < 1.29 is 9.59 Å². The second-order valence-corrected chi connectivity index (χ2v) is 7.92. The molecule has 0 bridgehead atoms. The van der Waals surface area contributed by atoms with Gasteiger partial charge in [-0.05, 0) is 42.5 Å². The molecule has 4 nitrogen and oxygen atoms in total. The molecule has 3 rings (SSSR count). The fourth-order valence-corrected chi connectivity index (χ4v) is 3.70. The van der Waals surface area contributed by atoms with Gasteiger partial charge in [0.25, 0.3) is 11.8 Å². The molecule has 2 amide bonds. The molecule has 0 aliphatic carbocycles. The molecular weight excluding hydrogens is 477 g/mol. The van der Waals surface area contributed by atoms with Gasteiger partial charge in [-0.1, -0.05) is 70.1 Å². The number of hydrogen-bond acceptors (Lipinski definition) is 2. The molecule has 0 aromatic heterocycles. The third kappa shape index (κ3) is 5.16. The molecule has 0 fully saturated rings. The summed E-state index contributed by atoms with van der Waals surface area (Å²) in [5, 5.41) is 6.48. The van der Waals surface area contributed by atoms with Gasteiger partial charge in [-0.15, -0.1) is 0 Å². The zero-order valence-electron chi connectivity index (χ0n) is 14.4. The normalized spacial score (nSPS) is 10.5. The molecule has 9 heteroatoms. The number of hydrogen-bond donors (Lipinski definition) is 2. The Morgan fingerprint density at radius 3 is 1.97 bits per heavy atom. The molecule has 3 aromatic carbocycles. The van der Waals surface area contributed by atoms with Crippen LogP contribution in [0, 0.1) is 0 Å². The Morgan fingerprint density at radius 2 is 1.28 bits per heavy atom. The molecule has 29 heavy (non-hydrogen) atoms. The highest BCUT2D eigenvalue weighted by atomic mass is 35.5. The number of carbonyl (C=O) groups is 2. The van der Waals surface area contributed by atoms with Crippen LogP contribution in [0.1, 0.15) is 20.7 Å². The van der Waals surface area contributed by atoms with Crippen molar-refractivity contribution in [1.29, 1.82) is 0 Å². The lowest BCUT2D eigenvalue weighted by Gasteiger charge is -2.15. The van der Waals surface area contributed by atoms with Crippen molar-refractivity contribution in [1.82, 2.24) is 0 Å². The average Bonchev–Trinajstić information content (AvgIpc) is 2.65. The Kier molecular flexibility index (Phi) is 6.93. The summed E-state index contributed by atoms with van der Waals surface area (Å²) < 4.78 is 0. The van der Waals surface area contributed by atoms with Crippen LogP contribution in [0.3, 0.4) is 0 Å². The molecule has 0 unspecified atom stereocenters. The second-order valence-electron chi connectivity index (χ2n) is 5.82. The topological polar surface area (TPSA) is 58.2 Å². The molecule has 0 aliphatic heterocycles. The summed E-state index contributed by atoms with van der Waals surface area (Å²) in [7, 11) is 0.